The Bertz CT molecular complexity index is 361. The van der Waals surface area contributed by atoms with Crippen LogP contribution in [-0.4, -0.2) is 23.4 Å². The number of aliphatic hydroxyl groups is 1. The molecule has 1 aromatic rings. The summed E-state index contributed by atoms with van der Waals surface area (Å²) < 4.78 is 5.06. The van der Waals surface area contributed by atoms with E-state index in [9.17, 15) is 10.2 Å². The molecule has 0 aliphatic carbocycles. The number of aliphatic hydroxyl groups excluding tert-OH is 1. The lowest BCUT2D eigenvalue weighted by molar-refractivity contribution is 0.194. The quantitative estimate of drug-likeness (QED) is 0.838. The van der Waals surface area contributed by atoms with Crippen molar-refractivity contribution in [3.05, 3.63) is 22.2 Å². The van der Waals surface area contributed by atoms with Crippen molar-refractivity contribution in [3.8, 4) is 11.5 Å². The van der Waals surface area contributed by atoms with Crippen LogP contribution >= 0.6 is 11.6 Å². The van der Waals surface area contributed by atoms with Crippen molar-refractivity contribution in [1.29, 1.82) is 0 Å². The van der Waals surface area contributed by atoms with Crippen LogP contribution in [-0.2, 0) is 6.42 Å². The van der Waals surface area contributed by atoms with Crippen LogP contribution in [0.25, 0.3) is 0 Å². The van der Waals surface area contributed by atoms with E-state index in [0.29, 0.717) is 28.3 Å². The van der Waals surface area contributed by atoms with Gasteiger partial charge in [-0.1, -0.05) is 11.6 Å². The molecule has 0 saturated heterocycles. The number of methoxy groups -OCH3 is 1. The number of phenols is 1. The Morgan fingerprint density at radius 2 is 2.13 bits per heavy atom. The Kier molecular flexibility index (Phi) is 3.83. The van der Waals surface area contributed by atoms with Crippen molar-refractivity contribution < 1.29 is 14.9 Å². The smallest absolute Gasteiger partial charge is 0.165 e. The van der Waals surface area contributed by atoms with Crippen LogP contribution in [0, 0.1) is 6.92 Å². The van der Waals surface area contributed by atoms with Gasteiger partial charge in [0.1, 0.15) is 0 Å². The molecule has 1 rings (SSSR count). The Balaban J connectivity index is 3.24. The minimum Gasteiger partial charge on any atom is -0.504 e. The van der Waals surface area contributed by atoms with E-state index in [-0.39, 0.29) is 5.75 Å². The summed E-state index contributed by atoms with van der Waals surface area (Å²) in [6.45, 7) is 3.42. The summed E-state index contributed by atoms with van der Waals surface area (Å²) in [5.41, 5.74) is 1.29. The van der Waals surface area contributed by atoms with E-state index in [2.05, 4.69) is 0 Å². The van der Waals surface area contributed by atoms with Crippen LogP contribution in [0.15, 0.2) is 6.07 Å². The largest absolute Gasteiger partial charge is 0.504 e. The van der Waals surface area contributed by atoms with Gasteiger partial charge in [0.25, 0.3) is 0 Å². The Morgan fingerprint density at radius 1 is 1.53 bits per heavy atom. The lowest BCUT2D eigenvalue weighted by Crippen LogP contribution is -2.05. The van der Waals surface area contributed by atoms with E-state index < -0.39 is 6.10 Å². The van der Waals surface area contributed by atoms with Gasteiger partial charge in [-0.2, -0.15) is 0 Å². The van der Waals surface area contributed by atoms with E-state index in [0.717, 1.165) is 0 Å². The molecular formula is C11H15ClO3. The van der Waals surface area contributed by atoms with Gasteiger partial charge in [-0.15, -0.1) is 0 Å². The standard InChI is InChI=1S/C11H15ClO3/c1-6(13)4-8-5-9(12)7(2)11(15-3)10(8)14/h5-6,13-14H,4H2,1-3H3. The first-order valence-corrected chi connectivity index (χ1v) is 5.08. The number of phenolic OH excluding ortho intramolecular Hbond substituents is 1. The summed E-state index contributed by atoms with van der Waals surface area (Å²) in [7, 11) is 1.48. The SMILES string of the molecule is COc1c(C)c(Cl)cc(CC(C)O)c1O. The highest BCUT2D eigenvalue weighted by Crippen LogP contribution is 2.38. The maximum absolute atomic E-state index is 9.85. The number of hydrogen-bond donors (Lipinski definition) is 2. The average Bonchev–Trinajstić information content (AvgIpc) is 2.14. The topological polar surface area (TPSA) is 49.7 Å². The highest BCUT2D eigenvalue weighted by atomic mass is 35.5. The molecule has 15 heavy (non-hydrogen) atoms. The van der Waals surface area contributed by atoms with Crippen LogP contribution in [0.3, 0.4) is 0 Å². The van der Waals surface area contributed by atoms with E-state index in [1.165, 1.54) is 7.11 Å². The molecule has 2 N–H and O–H groups in total. The van der Waals surface area contributed by atoms with Gasteiger partial charge in [-0.05, 0) is 19.9 Å². The van der Waals surface area contributed by atoms with Crippen LogP contribution in [0.1, 0.15) is 18.1 Å². The minimum atomic E-state index is -0.528. The molecular weight excluding hydrogens is 216 g/mol. The number of halogens is 1. The molecule has 1 atom stereocenters. The molecule has 3 nitrogen and oxygen atoms in total. The maximum atomic E-state index is 9.85. The lowest BCUT2D eigenvalue weighted by Gasteiger charge is -2.14. The van der Waals surface area contributed by atoms with E-state index in [1.807, 2.05) is 0 Å². The fraction of sp³-hybridized carbons (Fsp3) is 0.455. The van der Waals surface area contributed by atoms with Crippen molar-refractivity contribution in [3.63, 3.8) is 0 Å². The Labute approximate surface area is 94.3 Å². The molecule has 0 aliphatic heterocycles. The first kappa shape index (κ1) is 12.1. The molecule has 0 heterocycles. The molecule has 0 fully saturated rings. The van der Waals surface area contributed by atoms with E-state index in [1.54, 1.807) is 19.9 Å². The highest BCUT2D eigenvalue weighted by Gasteiger charge is 2.15. The second-order valence-electron chi connectivity index (χ2n) is 3.58. The molecule has 4 heteroatoms. The maximum Gasteiger partial charge on any atom is 0.165 e. The van der Waals surface area contributed by atoms with Crippen molar-refractivity contribution in [2.24, 2.45) is 0 Å². The van der Waals surface area contributed by atoms with Gasteiger partial charge < -0.3 is 14.9 Å². The van der Waals surface area contributed by atoms with Gasteiger partial charge >= 0.3 is 0 Å². The second kappa shape index (κ2) is 4.73. The average molecular weight is 231 g/mol. The summed E-state index contributed by atoms with van der Waals surface area (Å²) >= 11 is 5.98. The second-order valence-corrected chi connectivity index (χ2v) is 3.98. The summed E-state index contributed by atoms with van der Waals surface area (Å²) in [4.78, 5) is 0. The highest BCUT2D eigenvalue weighted by molar-refractivity contribution is 6.31. The monoisotopic (exact) mass is 230 g/mol. The summed E-state index contributed by atoms with van der Waals surface area (Å²) in [6.07, 6.45) is -0.179. The number of benzene rings is 1. The summed E-state index contributed by atoms with van der Waals surface area (Å²) in [6, 6.07) is 1.65. The molecule has 0 bridgehead atoms. The molecule has 0 spiro atoms. The number of ether oxygens (including phenoxy) is 1. The van der Waals surface area contributed by atoms with Gasteiger partial charge in [0, 0.05) is 22.6 Å². The minimum absolute atomic E-state index is 0.0558. The zero-order chi connectivity index (χ0) is 11.6. The van der Waals surface area contributed by atoms with E-state index in [4.69, 9.17) is 16.3 Å². The van der Waals surface area contributed by atoms with Crippen LogP contribution in [0.5, 0.6) is 11.5 Å². The number of hydrogen-bond acceptors (Lipinski definition) is 3. The summed E-state index contributed by atoms with van der Waals surface area (Å²) in [5, 5.41) is 19.6. The van der Waals surface area contributed by atoms with Gasteiger partial charge in [0.05, 0.1) is 13.2 Å². The third-order valence-corrected chi connectivity index (χ3v) is 2.63. The van der Waals surface area contributed by atoms with E-state index >= 15 is 0 Å². The number of rotatable bonds is 3. The molecule has 0 saturated carbocycles. The van der Waals surface area contributed by atoms with Crippen LogP contribution in [0.2, 0.25) is 5.02 Å². The molecule has 1 aromatic carbocycles. The zero-order valence-electron chi connectivity index (χ0n) is 9.04. The Hall–Kier alpha value is -0.930. The third-order valence-electron chi connectivity index (χ3n) is 2.24. The third kappa shape index (κ3) is 2.55. The zero-order valence-corrected chi connectivity index (χ0v) is 9.80. The van der Waals surface area contributed by atoms with Crippen molar-refractivity contribution >= 4 is 11.6 Å². The normalized spacial score (nSPS) is 12.6. The summed E-state index contributed by atoms with van der Waals surface area (Å²) in [5.74, 6) is 0.429. The number of aromatic hydroxyl groups is 1. The fourth-order valence-electron chi connectivity index (χ4n) is 1.49. The molecule has 84 valence electrons. The lowest BCUT2D eigenvalue weighted by atomic mass is 10.0. The molecule has 1 unspecified atom stereocenters. The molecule has 0 amide bonds. The predicted octanol–water partition coefficient (Wildman–Crippen LogP) is 2.29. The van der Waals surface area contributed by atoms with Crippen molar-refractivity contribution in [1.82, 2.24) is 0 Å². The van der Waals surface area contributed by atoms with Gasteiger partial charge in [0.2, 0.25) is 0 Å². The molecule has 0 aliphatic rings. The van der Waals surface area contributed by atoms with Crippen molar-refractivity contribution in [2.75, 3.05) is 7.11 Å². The Morgan fingerprint density at radius 3 is 2.60 bits per heavy atom. The first-order chi connectivity index (χ1) is 6.97. The van der Waals surface area contributed by atoms with Gasteiger partial charge in [0.15, 0.2) is 11.5 Å². The van der Waals surface area contributed by atoms with Crippen LogP contribution < -0.4 is 4.74 Å². The van der Waals surface area contributed by atoms with Gasteiger partial charge in [-0.25, -0.2) is 0 Å². The molecule has 0 aromatic heterocycles. The fourth-order valence-corrected chi connectivity index (χ4v) is 1.70. The van der Waals surface area contributed by atoms with Crippen molar-refractivity contribution in [2.45, 2.75) is 26.4 Å². The molecule has 0 radical (unpaired) electrons. The first-order valence-electron chi connectivity index (χ1n) is 4.70. The van der Waals surface area contributed by atoms with Gasteiger partial charge in [-0.3, -0.25) is 0 Å². The van der Waals surface area contributed by atoms with Crippen LogP contribution in [0.4, 0.5) is 0 Å². The predicted molar refractivity (Wildman–Crippen MR) is 59.8 cm³/mol.